The van der Waals surface area contributed by atoms with Gasteiger partial charge in [-0.2, -0.15) is 0 Å². The van der Waals surface area contributed by atoms with Crippen LogP contribution in [0.5, 0.6) is 5.75 Å². The van der Waals surface area contributed by atoms with Gasteiger partial charge in [-0.05, 0) is 37.5 Å². The predicted octanol–water partition coefficient (Wildman–Crippen LogP) is 2.92. The van der Waals surface area contributed by atoms with Crippen molar-refractivity contribution < 1.29 is 4.74 Å². The molecular formula is C14H21NO. The molecule has 0 fully saturated rings. The molecule has 0 bridgehead atoms. The topological polar surface area (TPSA) is 35.2 Å². The molecule has 0 aliphatic heterocycles. The third-order valence-corrected chi connectivity index (χ3v) is 2.57. The lowest BCUT2D eigenvalue weighted by Crippen LogP contribution is -2.21. The monoisotopic (exact) mass is 219 g/mol. The summed E-state index contributed by atoms with van der Waals surface area (Å²) in [6, 6.07) is 8.33. The van der Waals surface area contributed by atoms with E-state index >= 15 is 0 Å². The molecule has 0 aliphatic carbocycles. The molecule has 1 rings (SSSR count). The van der Waals surface area contributed by atoms with Crippen molar-refractivity contribution in [3.8, 4) is 5.75 Å². The molecule has 2 atom stereocenters. The maximum absolute atomic E-state index is 5.93. The molecular weight excluding hydrogens is 198 g/mol. The molecule has 0 amide bonds. The van der Waals surface area contributed by atoms with E-state index in [9.17, 15) is 0 Å². The van der Waals surface area contributed by atoms with E-state index in [0.29, 0.717) is 0 Å². The molecule has 1 aromatic carbocycles. The zero-order chi connectivity index (χ0) is 12.0. The minimum absolute atomic E-state index is 0.0371. The third-order valence-electron chi connectivity index (χ3n) is 2.57. The quantitative estimate of drug-likeness (QED) is 0.747. The summed E-state index contributed by atoms with van der Waals surface area (Å²) in [5, 5.41) is 0. The minimum Gasteiger partial charge on any atom is -0.487 e. The Hall–Kier alpha value is -1.28. The summed E-state index contributed by atoms with van der Waals surface area (Å²) in [5.41, 5.74) is 7.15. The first-order chi connectivity index (χ1) is 7.65. The number of ether oxygens (including phenoxy) is 1. The molecule has 2 N–H and O–H groups in total. The normalized spacial score (nSPS) is 14.2. The second-order valence-corrected chi connectivity index (χ2v) is 4.08. The van der Waals surface area contributed by atoms with Crippen molar-refractivity contribution in [1.29, 1.82) is 0 Å². The van der Waals surface area contributed by atoms with Gasteiger partial charge in [0.25, 0.3) is 0 Å². The lowest BCUT2D eigenvalue weighted by molar-refractivity contribution is 0.270. The van der Waals surface area contributed by atoms with Crippen LogP contribution in [0.2, 0.25) is 0 Å². The Morgan fingerprint density at radius 2 is 2.25 bits per heavy atom. The van der Waals surface area contributed by atoms with Crippen LogP contribution in [0, 0.1) is 0 Å². The molecule has 0 heterocycles. The number of benzene rings is 1. The zero-order valence-electron chi connectivity index (χ0n) is 10.1. The van der Waals surface area contributed by atoms with Crippen LogP contribution in [-0.2, 0) is 6.42 Å². The molecule has 0 radical (unpaired) electrons. The molecule has 0 aliphatic rings. The second-order valence-electron chi connectivity index (χ2n) is 4.08. The van der Waals surface area contributed by atoms with Gasteiger partial charge in [-0.3, -0.25) is 0 Å². The van der Waals surface area contributed by atoms with Gasteiger partial charge >= 0.3 is 0 Å². The molecule has 0 saturated carbocycles. The van der Waals surface area contributed by atoms with Gasteiger partial charge in [-0.15, -0.1) is 0 Å². The maximum atomic E-state index is 5.93. The van der Waals surface area contributed by atoms with E-state index in [1.165, 1.54) is 5.56 Å². The van der Waals surface area contributed by atoms with Crippen LogP contribution >= 0.6 is 0 Å². The molecule has 1 aromatic rings. The maximum Gasteiger partial charge on any atom is 0.120 e. The highest BCUT2D eigenvalue weighted by Gasteiger charge is 2.04. The van der Waals surface area contributed by atoms with Crippen LogP contribution in [0.3, 0.4) is 0 Å². The van der Waals surface area contributed by atoms with Gasteiger partial charge < -0.3 is 10.5 Å². The highest BCUT2D eigenvalue weighted by Crippen LogP contribution is 2.16. The summed E-state index contributed by atoms with van der Waals surface area (Å²) >= 11 is 0. The average molecular weight is 219 g/mol. The standard InChI is InChI=1S/C14H21NO/c1-4-11(3)16-14-8-6-7-12(10-14)9-13(15)5-2/h4,6-8,10-11,13H,1,5,9,15H2,2-3H3. The fourth-order valence-corrected chi connectivity index (χ4v) is 1.46. The number of rotatable bonds is 6. The lowest BCUT2D eigenvalue weighted by atomic mass is 10.0. The summed E-state index contributed by atoms with van der Waals surface area (Å²) in [4.78, 5) is 0. The fraction of sp³-hybridized carbons (Fsp3) is 0.429. The Balaban J connectivity index is 2.67. The van der Waals surface area contributed by atoms with Crippen molar-refractivity contribution in [2.75, 3.05) is 0 Å². The van der Waals surface area contributed by atoms with Crippen molar-refractivity contribution in [3.63, 3.8) is 0 Å². The summed E-state index contributed by atoms with van der Waals surface area (Å²) in [6.45, 7) is 7.77. The Kier molecular flexibility index (Phi) is 5.06. The van der Waals surface area contributed by atoms with Crippen molar-refractivity contribution >= 4 is 0 Å². The van der Waals surface area contributed by atoms with E-state index in [4.69, 9.17) is 10.5 Å². The number of nitrogens with two attached hydrogens (primary N) is 1. The van der Waals surface area contributed by atoms with E-state index in [1.54, 1.807) is 6.08 Å². The van der Waals surface area contributed by atoms with Gasteiger partial charge in [0.1, 0.15) is 11.9 Å². The summed E-state index contributed by atoms with van der Waals surface area (Å²) in [7, 11) is 0. The smallest absolute Gasteiger partial charge is 0.120 e. The largest absolute Gasteiger partial charge is 0.487 e. The first kappa shape index (κ1) is 12.8. The molecule has 2 unspecified atom stereocenters. The van der Waals surface area contributed by atoms with E-state index in [2.05, 4.69) is 25.6 Å². The van der Waals surface area contributed by atoms with E-state index in [-0.39, 0.29) is 12.1 Å². The fourth-order valence-electron chi connectivity index (χ4n) is 1.46. The highest BCUT2D eigenvalue weighted by atomic mass is 16.5. The first-order valence-electron chi connectivity index (χ1n) is 5.79. The number of hydrogen-bond acceptors (Lipinski definition) is 2. The average Bonchev–Trinajstić information content (AvgIpc) is 2.29. The van der Waals surface area contributed by atoms with Crippen molar-refractivity contribution in [2.24, 2.45) is 5.73 Å². The van der Waals surface area contributed by atoms with Crippen LogP contribution < -0.4 is 10.5 Å². The van der Waals surface area contributed by atoms with Crippen molar-refractivity contribution in [1.82, 2.24) is 0 Å². The number of hydrogen-bond donors (Lipinski definition) is 1. The van der Waals surface area contributed by atoms with Crippen LogP contribution in [0.1, 0.15) is 25.8 Å². The molecule has 2 nitrogen and oxygen atoms in total. The molecule has 88 valence electrons. The summed E-state index contributed by atoms with van der Waals surface area (Å²) in [5.74, 6) is 0.883. The van der Waals surface area contributed by atoms with Crippen LogP contribution in [-0.4, -0.2) is 12.1 Å². The van der Waals surface area contributed by atoms with Gasteiger partial charge in [0.15, 0.2) is 0 Å². The van der Waals surface area contributed by atoms with Crippen molar-refractivity contribution in [2.45, 2.75) is 38.8 Å². The van der Waals surface area contributed by atoms with Gasteiger partial charge in [-0.1, -0.05) is 31.7 Å². The predicted molar refractivity (Wildman–Crippen MR) is 68.7 cm³/mol. The molecule has 0 spiro atoms. The Morgan fingerprint density at radius 1 is 1.50 bits per heavy atom. The SMILES string of the molecule is C=CC(C)Oc1cccc(CC(N)CC)c1. The van der Waals surface area contributed by atoms with Gasteiger partial charge in [0.05, 0.1) is 0 Å². The zero-order valence-corrected chi connectivity index (χ0v) is 10.1. The molecule has 16 heavy (non-hydrogen) atoms. The Bertz CT molecular complexity index is 335. The first-order valence-corrected chi connectivity index (χ1v) is 5.79. The second kappa shape index (κ2) is 6.33. The molecule has 0 aromatic heterocycles. The minimum atomic E-state index is 0.0371. The Morgan fingerprint density at radius 3 is 2.88 bits per heavy atom. The van der Waals surface area contributed by atoms with Crippen LogP contribution in [0.4, 0.5) is 0 Å². The summed E-state index contributed by atoms with van der Waals surface area (Å²) in [6.07, 6.45) is 3.71. The van der Waals surface area contributed by atoms with E-state index in [0.717, 1.165) is 18.6 Å². The molecule has 2 heteroatoms. The highest BCUT2D eigenvalue weighted by molar-refractivity contribution is 5.29. The summed E-state index contributed by atoms with van der Waals surface area (Å²) < 4.78 is 5.66. The molecule has 0 saturated heterocycles. The van der Waals surface area contributed by atoms with Gasteiger partial charge in [0.2, 0.25) is 0 Å². The van der Waals surface area contributed by atoms with Crippen molar-refractivity contribution in [3.05, 3.63) is 42.5 Å². The van der Waals surface area contributed by atoms with Gasteiger partial charge in [0, 0.05) is 6.04 Å². The van der Waals surface area contributed by atoms with Gasteiger partial charge in [-0.25, -0.2) is 0 Å². The van der Waals surface area contributed by atoms with E-state index < -0.39 is 0 Å². The lowest BCUT2D eigenvalue weighted by Gasteiger charge is -2.13. The van der Waals surface area contributed by atoms with E-state index in [1.807, 2.05) is 19.1 Å². The van der Waals surface area contributed by atoms with Crippen LogP contribution in [0.15, 0.2) is 36.9 Å². The Labute approximate surface area is 98.1 Å². The third kappa shape index (κ3) is 4.07. The van der Waals surface area contributed by atoms with Crippen LogP contribution in [0.25, 0.3) is 0 Å².